The first-order valence-corrected chi connectivity index (χ1v) is 11.7. The standard InChI is InChI=1S/C17H17N3O3S3/c21-26(22,23-14-5-2-1-3-6-14)12-11-25-17-19-18-16(15-7-4-10-24-15)20(17)13-8-9-13/h1-7,10,13H,8-9,11-12H2. The fourth-order valence-electron chi connectivity index (χ4n) is 2.51. The molecule has 2 heterocycles. The molecule has 9 heteroatoms. The van der Waals surface area contributed by atoms with Crippen LogP contribution in [0.3, 0.4) is 0 Å². The van der Waals surface area contributed by atoms with E-state index in [1.807, 2.05) is 23.6 Å². The second-order valence-corrected chi connectivity index (χ2v) is 9.59. The van der Waals surface area contributed by atoms with E-state index in [9.17, 15) is 8.42 Å². The van der Waals surface area contributed by atoms with Crippen LogP contribution in [0.25, 0.3) is 10.7 Å². The van der Waals surface area contributed by atoms with Gasteiger partial charge in [-0.05, 0) is 36.4 Å². The Bertz CT molecular complexity index is 965. The summed E-state index contributed by atoms with van der Waals surface area (Å²) in [5.74, 6) is 1.48. The topological polar surface area (TPSA) is 74.1 Å². The van der Waals surface area contributed by atoms with Crippen molar-refractivity contribution in [2.75, 3.05) is 11.5 Å². The van der Waals surface area contributed by atoms with Crippen LogP contribution in [0.2, 0.25) is 0 Å². The van der Waals surface area contributed by atoms with Gasteiger partial charge >= 0.3 is 10.1 Å². The van der Waals surface area contributed by atoms with E-state index in [0.29, 0.717) is 17.5 Å². The van der Waals surface area contributed by atoms with Gasteiger partial charge in [-0.15, -0.1) is 21.5 Å². The molecule has 3 aromatic rings. The highest BCUT2D eigenvalue weighted by atomic mass is 32.2. The minimum Gasteiger partial charge on any atom is -0.382 e. The Hall–Kier alpha value is -1.84. The van der Waals surface area contributed by atoms with Gasteiger partial charge in [-0.2, -0.15) is 8.42 Å². The van der Waals surface area contributed by atoms with E-state index in [1.165, 1.54) is 11.8 Å². The summed E-state index contributed by atoms with van der Waals surface area (Å²) in [5, 5.41) is 11.4. The quantitative estimate of drug-likeness (QED) is 0.417. The molecule has 26 heavy (non-hydrogen) atoms. The molecule has 0 spiro atoms. The first-order chi connectivity index (χ1) is 12.6. The van der Waals surface area contributed by atoms with Gasteiger partial charge in [0.15, 0.2) is 11.0 Å². The number of aromatic nitrogens is 3. The summed E-state index contributed by atoms with van der Waals surface area (Å²) in [7, 11) is -3.63. The van der Waals surface area contributed by atoms with Crippen LogP contribution in [0.15, 0.2) is 53.0 Å². The SMILES string of the molecule is O=S(=O)(CCSc1nnc(-c2cccs2)n1C1CC1)Oc1ccccc1. The molecule has 1 fully saturated rings. The third-order valence-corrected chi connectivity index (χ3v) is 7.07. The molecule has 0 unspecified atom stereocenters. The lowest BCUT2D eigenvalue weighted by Gasteiger charge is -2.08. The predicted molar refractivity (Wildman–Crippen MR) is 103 cm³/mol. The van der Waals surface area contributed by atoms with Crippen LogP contribution in [0.1, 0.15) is 18.9 Å². The average molecular weight is 408 g/mol. The van der Waals surface area contributed by atoms with Crippen molar-refractivity contribution in [3.63, 3.8) is 0 Å². The van der Waals surface area contributed by atoms with Crippen molar-refractivity contribution < 1.29 is 12.6 Å². The first-order valence-electron chi connectivity index (χ1n) is 8.21. The summed E-state index contributed by atoms with van der Waals surface area (Å²) in [6.45, 7) is 0. The van der Waals surface area contributed by atoms with Gasteiger partial charge in [0.1, 0.15) is 5.75 Å². The minimum atomic E-state index is -3.63. The van der Waals surface area contributed by atoms with E-state index in [2.05, 4.69) is 14.8 Å². The number of thioether (sulfide) groups is 1. The van der Waals surface area contributed by atoms with Crippen LogP contribution in [0.5, 0.6) is 5.75 Å². The van der Waals surface area contributed by atoms with E-state index >= 15 is 0 Å². The molecule has 0 N–H and O–H groups in total. The number of hydrogen-bond acceptors (Lipinski definition) is 7. The molecule has 0 aliphatic heterocycles. The lowest BCUT2D eigenvalue weighted by molar-refractivity contribution is 0.488. The number of para-hydroxylation sites is 1. The van der Waals surface area contributed by atoms with Gasteiger partial charge in [-0.1, -0.05) is 36.0 Å². The minimum absolute atomic E-state index is 0.0849. The van der Waals surface area contributed by atoms with Gasteiger partial charge < -0.3 is 4.18 Å². The van der Waals surface area contributed by atoms with Crippen LogP contribution >= 0.6 is 23.1 Å². The van der Waals surface area contributed by atoms with Gasteiger partial charge in [0.25, 0.3) is 0 Å². The van der Waals surface area contributed by atoms with E-state index in [4.69, 9.17) is 4.18 Å². The zero-order valence-electron chi connectivity index (χ0n) is 13.8. The molecule has 0 saturated heterocycles. The lowest BCUT2D eigenvalue weighted by Crippen LogP contribution is -2.15. The highest BCUT2D eigenvalue weighted by molar-refractivity contribution is 8.00. The molecular weight excluding hydrogens is 390 g/mol. The molecule has 0 amide bonds. The molecule has 1 aliphatic carbocycles. The summed E-state index contributed by atoms with van der Waals surface area (Å²) in [4.78, 5) is 1.08. The van der Waals surface area contributed by atoms with Crippen molar-refractivity contribution in [2.24, 2.45) is 0 Å². The van der Waals surface area contributed by atoms with E-state index in [1.54, 1.807) is 35.6 Å². The Balaban J connectivity index is 1.42. The van der Waals surface area contributed by atoms with Crippen molar-refractivity contribution in [1.82, 2.24) is 14.8 Å². The normalized spacial score (nSPS) is 14.5. The molecular formula is C17H17N3O3S3. The third kappa shape index (κ3) is 4.11. The van der Waals surface area contributed by atoms with E-state index in [-0.39, 0.29) is 5.75 Å². The second-order valence-electron chi connectivity index (χ2n) is 5.89. The first kappa shape index (κ1) is 17.6. The molecule has 0 bridgehead atoms. The fourth-order valence-corrected chi connectivity index (χ4v) is 5.51. The summed E-state index contributed by atoms with van der Waals surface area (Å²) >= 11 is 3.04. The number of benzene rings is 1. The number of rotatable bonds is 8. The predicted octanol–water partition coefficient (Wildman–Crippen LogP) is 3.84. The van der Waals surface area contributed by atoms with E-state index < -0.39 is 10.1 Å². The van der Waals surface area contributed by atoms with Crippen molar-refractivity contribution in [3.05, 3.63) is 47.8 Å². The summed E-state index contributed by atoms with van der Waals surface area (Å²) in [6.07, 6.45) is 2.22. The fraction of sp³-hybridized carbons (Fsp3) is 0.294. The van der Waals surface area contributed by atoms with Crippen molar-refractivity contribution in [2.45, 2.75) is 24.0 Å². The molecule has 0 radical (unpaired) electrons. The summed E-state index contributed by atoms with van der Waals surface area (Å²) in [6, 6.07) is 13.0. The average Bonchev–Trinajstić information content (AvgIpc) is 3.14. The molecule has 1 saturated carbocycles. The number of nitrogens with zero attached hydrogens (tertiary/aromatic N) is 3. The smallest absolute Gasteiger partial charge is 0.310 e. The Morgan fingerprint density at radius 2 is 1.96 bits per heavy atom. The van der Waals surface area contributed by atoms with Gasteiger partial charge in [0.2, 0.25) is 0 Å². The lowest BCUT2D eigenvalue weighted by atomic mass is 10.3. The maximum Gasteiger partial charge on any atom is 0.310 e. The molecule has 136 valence electrons. The zero-order chi connectivity index (χ0) is 18.0. The molecule has 6 nitrogen and oxygen atoms in total. The van der Waals surface area contributed by atoms with E-state index in [0.717, 1.165) is 28.7 Å². The maximum atomic E-state index is 12.1. The van der Waals surface area contributed by atoms with Crippen LogP contribution in [-0.2, 0) is 10.1 Å². The molecule has 4 rings (SSSR count). The molecule has 1 aliphatic rings. The Morgan fingerprint density at radius 1 is 1.15 bits per heavy atom. The Morgan fingerprint density at radius 3 is 2.65 bits per heavy atom. The molecule has 1 aromatic carbocycles. The number of thiophene rings is 1. The van der Waals surface area contributed by atoms with Crippen LogP contribution in [-0.4, -0.2) is 34.7 Å². The van der Waals surface area contributed by atoms with Gasteiger partial charge in [-0.3, -0.25) is 4.57 Å². The molecule has 2 aromatic heterocycles. The third-order valence-electron chi connectivity index (χ3n) is 3.85. The van der Waals surface area contributed by atoms with Crippen molar-refractivity contribution >= 4 is 33.2 Å². The summed E-state index contributed by atoms with van der Waals surface area (Å²) < 4.78 is 31.5. The van der Waals surface area contributed by atoms with Crippen LogP contribution in [0, 0.1) is 0 Å². The highest BCUT2D eigenvalue weighted by Crippen LogP contribution is 2.41. The Kier molecular flexibility index (Phi) is 5.01. The van der Waals surface area contributed by atoms with Crippen molar-refractivity contribution in [1.29, 1.82) is 0 Å². The van der Waals surface area contributed by atoms with Crippen LogP contribution < -0.4 is 4.18 Å². The number of hydrogen-bond donors (Lipinski definition) is 0. The maximum absolute atomic E-state index is 12.1. The highest BCUT2D eigenvalue weighted by Gasteiger charge is 2.30. The van der Waals surface area contributed by atoms with Crippen LogP contribution in [0.4, 0.5) is 0 Å². The largest absolute Gasteiger partial charge is 0.382 e. The molecule has 0 atom stereocenters. The summed E-state index contributed by atoms with van der Waals surface area (Å²) in [5.41, 5.74) is 0. The van der Waals surface area contributed by atoms with Gasteiger partial charge in [-0.25, -0.2) is 0 Å². The monoisotopic (exact) mass is 407 g/mol. The Labute approximate surface area is 160 Å². The van der Waals surface area contributed by atoms with Crippen molar-refractivity contribution in [3.8, 4) is 16.5 Å². The van der Waals surface area contributed by atoms with Gasteiger partial charge in [0, 0.05) is 11.8 Å². The second kappa shape index (κ2) is 7.42. The van der Waals surface area contributed by atoms with Gasteiger partial charge in [0.05, 0.1) is 10.6 Å². The zero-order valence-corrected chi connectivity index (χ0v) is 16.3.